The zero-order valence-electron chi connectivity index (χ0n) is 15.8. The third-order valence-electron chi connectivity index (χ3n) is 4.20. The first-order valence-electron chi connectivity index (χ1n) is 10.1. The first-order chi connectivity index (χ1) is 11.3. The number of ether oxygens (including phenoxy) is 1. The fraction of sp³-hybridized carbons (Fsp3) is 0.857. The lowest BCUT2D eigenvalue weighted by Crippen LogP contribution is -2.02. The molecule has 0 unspecified atom stereocenters. The Bertz CT molecular complexity index is 271. The van der Waals surface area contributed by atoms with Crippen molar-refractivity contribution in [2.75, 3.05) is 6.61 Å². The molecule has 0 heterocycles. The van der Waals surface area contributed by atoms with Crippen LogP contribution in [0, 0.1) is 0 Å². The van der Waals surface area contributed by atoms with E-state index < -0.39 is 0 Å². The molecule has 2 heteroatoms. The molecule has 0 aromatic rings. The van der Waals surface area contributed by atoms with Crippen LogP contribution < -0.4 is 0 Å². The molecule has 0 saturated heterocycles. The number of allylic oxidation sites excluding steroid dienone is 2. The van der Waals surface area contributed by atoms with Crippen LogP contribution >= 0.6 is 0 Å². The largest absolute Gasteiger partial charge is 0.466 e. The quantitative estimate of drug-likeness (QED) is 0.164. The minimum absolute atomic E-state index is 0.0478. The van der Waals surface area contributed by atoms with Crippen LogP contribution in [0.3, 0.4) is 0 Å². The number of carbonyl (C=O) groups excluding carboxylic acids is 1. The van der Waals surface area contributed by atoms with Gasteiger partial charge in [0.2, 0.25) is 0 Å². The number of esters is 1. The van der Waals surface area contributed by atoms with E-state index in [1.54, 1.807) is 0 Å². The van der Waals surface area contributed by atoms with Crippen LogP contribution in [0.5, 0.6) is 0 Å². The Kier molecular flexibility index (Phi) is 18.6. The molecule has 23 heavy (non-hydrogen) atoms. The Balaban J connectivity index is 3.13. The Labute approximate surface area is 145 Å². The highest BCUT2D eigenvalue weighted by atomic mass is 16.5. The minimum atomic E-state index is -0.0478. The number of unbranched alkanes of at least 4 members (excludes halogenated alkanes) is 12. The first kappa shape index (κ1) is 22.2. The van der Waals surface area contributed by atoms with Crippen LogP contribution in [0.4, 0.5) is 0 Å². The molecule has 0 bridgehead atoms. The van der Waals surface area contributed by atoms with E-state index in [0.29, 0.717) is 13.0 Å². The average molecular weight is 325 g/mol. The summed E-state index contributed by atoms with van der Waals surface area (Å²) in [5.74, 6) is -0.0478. The molecule has 0 aliphatic rings. The van der Waals surface area contributed by atoms with Crippen molar-refractivity contribution < 1.29 is 9.53 Å². The highest BCUT2D eigenvalue weighted by molar-refractivity contribution is 5.69. The molecule has 0 saturated carbocycles. The van der Waals surface area contributed by atoms with Crippen molar-refractivity contribution in [3.8, 4) is 0 Å². The van der Waals surface area contributed by atoms with E-state index in [-0.39, 0.29) is 5.97 Å². The maximum atomic E-state index is 11.2. The summed E-state index contributed by atoms with van der Waals surface area (Å²) in [6.45, 7) is 4.63. The molecule has 0 fully saturated rings. The van der Waals surface area contributed by atoms with Crippen molar-refractivity contribution in [2.45, 2.75) is 110 Å². The van der Waals surface area contributed by atoms with E-state index in [0.717, 1.165) is 19.3 Å². The third kappa shape index (κ3) is 19.2. The molecule has 0 radical (unpaired) electrons. The van der Waals surface area contributed by atoms with Gasteiger partial charge < -0.3 is 4.74 Å². The summed E-state index contributed by atoms with van der Waals surface area (Å²) in [6.07, 6.45) is 23.5. The summed E-state index contributed by atoms with van der Waals surface area (Å²) in [6, 6.07) is 0. The van der Waals surface area contributed by atoms with Crippen molar-refractivity contribution in [1.29, 1.82) is 0 Å². The van der Waals surface area contributed by atoms with Gasteiger partial charge in [-0.25, -0.2) is 0 Å². The van der Waals surface area contributed by atoms with Gasteiger partial charge in [-0.1, -0.05) is 76.9 Å². The maximum absolute atomic E-state index is 11.2. The second-order valence-electron chi connectivity index (χ2n) is 6.49. The summed E-state index contributed by atoms with van der Waals surface area (Å²) in [5.41, 5.74) is 0. The minimum Gasteiger partial charge on any atom is -0.466 e. The van der Waals surface area contributed by atoms with Gasteiger partial charge in [0.1, 0.15) is 0 Å². The number of hydrogen-bond acceptors (Lipinski definition) is 2. The van der Waals surface area contributed by atoms with Gasteiger partial charge in [0.25, 0.3) is 0 Å². The lowest BCUT2D eigenvalue weighted by atomic mass is 10.1. The zero-order chi connectivity index (χ0) is 17.0. The molecule has 0 rings (SSSR count). The molecule has 136 valence electrons. The molecular formula is C21H40O2. The summed E-state index contributed by atoms with van der Waals surface area (Å²) < 4.78 is 4.91. The van der Waals surface area contributed by atoms with Crippen LogP contribution in [0.15, 0.2) is 12.2 Å². The molecule has 0 aliphatic carbocycles. The molecule has 0 atom stereocenters. The normalized spacial score (nSPS) is 11.2. The van der Waals surface area contributed by atoms with Crippen LogP contribution in [0.2, 0.25) is 0 Å². The van der Waals surface area contributed by atoms with E-state index in [1.165, 1.54) is 70.6 Å². The molecule has 0 aliphatic heterocycles. The predicted molar refractivity (Wildman–Crippen MR) is 101 cm³/mol. The van der Waals surface area contributed by atoms with Gasteiger partial charge >= 0.3 is 5.97 Å². The van der Waals surface area contributed by atoms with Crippen molar-refractivity contribution >= 4 is 5.97 Å². The van der Waals surface area contributed by atoms with E-state index in [2.05, 4.69) is 19.1 Å². The highest BCUT2D eigenvalue weighted by Crippen LogP contribution is 2.11. The maximum Gasteiger partial charge on any atom is 0.305 e. The second-order valence-corrected chi connectivity index (χ2v) is 6.49. The van der Waals surface area contributed by atoms with Crippen LogP contribution in [-0.4, -0.2) is 12.6 Å². The highest BCUT2D eigenvalue weighted by Gasteiger charge is 1.99. The fourth-order valence-corrected chi connectivity index (χ4v) is 2.75. The Morgan fingerprint density at radius 1 is 0.696 bits per heavy atom. The summed E-state index contributed by atoms with van der Waals surface area (Å²) in [7, 11) is 0. The number of carbonyl (C=O) groups is 1. The molecule has 0 aromatic heterocycles. The average Bonchev–Trinajstić information content (AvgIpc) is 2.54. The second kappa shape index (κ2) is 19.3. The topological polar surface area (TPSA) is 26.3 Å². The lowest BCUT2D eigenvalue weighted by Gasteiger charge is -2.01. The first-order valence-corrected chi connectivity index (χ1v) is 10.1. The van der Waals surface area contributed by atoms with Gasteiger partial charge in [0.05, 0.1) is 6.61 Å². The van der Waals surface area contributed by atoms with Gasteiger partial charge in [-0.15, -0.1) is 0 Å². The smallest absolute Gasteiger partial charge is 0.305 e. The summed E-state index contributed by atoms with van der Waals surface area (Å²) in [4.78, 5) is 11.2. The standard InChI is InChI=1S/C21H40O2/c1-3-5-6-7-8-9-10-11-12-13-14-15-16-17-18-19-20-21(22)23-4-2/h14-15H,3-13,16-20H2,1-2H3/b15-14+. The van der Waals surface area contributed by atoms with Crippen molar-refractivity contribution in [3.05, 3.63) is 12.2 Å². The predicted octanol–water partition coefficient (Wildman–Crippen LogP) is 6.98. The zero-order valence-corrected chi connectivity index (χ0v) is 15.8. The van der Waals surface area contributed by atoms with Crippen molar-refractivity contribution in [1.82, 2.24) is 0 Å². The Morgan fingerprint density at radius 2 is 1.17 bits per heavy atom. The van der Waals surface area contributed by atoms with Gasteiger partial charge in [-0.3, -0.25) is 4.79 Å². The third-order valence-corrected chi connectivity index (χ3v) is 4.20. The fourth-order valence-electron chi connectivity index (χ4n) is 2.75. The van der Waals surface area contributed by atoms with E-state index in [1.807, 2.05) is 6.92 Å². The van der Waals surface area contributed by atoms with E-state index in [4.69, 9.17) is 4.74 Å². The summed E-state index contributed by atoms with van der Waals surface area (Å²) in [5, 5.41) is 0. The summed E-state index contributed by atoms with van der Waals surface area (Å²) >= 11 is 0. The van der Waals surface area contributed by atoms with Crippen molar-refractivity contribution in [2.24, 2.45) is 0 Å². The molecule has 0 amide bonds. The van der Waals surface area contributed by atoms with E-state index >= 15 is 0 Å². The van der Waals surface area contributed by atoms with Crippen LogP contribution in [0.25, 0.3) is 0 Å². The lowest BCUT2D eigenvalue weighted by molar-refractivity contribution is -0.143. The number of hydrogen-bond donors (Lipinski definition) is 0. The molecule has 2 nitrogen and oxygen atoms in total. The SMILES string of the molecule is CCCCCCCCCCC/C=C/CCCCCC(=O)OCC. The van der Waals surface area contributed by atoms with Gasteiger partial charge in [0, 0.05) is 6.42 Å². The van der Waals surface area contributed by atoms with Crippen LogP contribution in [0.1, 0.15) is 110 Å². The van der Waals surface area contributed by atoms with E-state index in [9.17, 15) is 4.79 Å². The Morgan fingerprint density at radius 3 is 1.70 bits per heavy atom. The molecule has 0 aromatic carbocycles. The Hall–Kier alpha value is -0.790. The van der Waals surface area contributed by atoms with Gasteiger partial charge in [0.15, 0.2) is 0 Å². The van der Waals surface area contributed by atoms with Crippen LogP contribution in [-0.2, 0) is 9.53 Å². The van der Waals surface area contributed by atoms with Gasteiger partial charge in [-0.2, -0.15) is 0 Å². The van der Waals surface area contributed by atoms with Gasteiger partial charge in [-0.05, 0) is 39.0 Å². The number of rotatable bonds is 17. The molecular weight excluding hydrogens is 284 g/mol. The molecule has 0 N–H and O–H groups in total. The monoisotopic (exact) mass is 324 g/mol. The molecule has 0 spiro atoms. The van der Waals surface area contributed by atoms with Crippen molar-refractivity contribution in [3.63, 3.8) is 0 Å².